The molecule has 7 heteroatoms. The van der Waals surface area contributed by atoms with E-state index in [-0.39, 0.29) is 29.9 Å². The van der Waals surface area contributed by atoms with Gasteiger partial charge in [-0.15, -0.1) is 0 Å². The zero-order valence-electron chi connectivity index (χ0n) is 18.6. The number of nitrogens with one attached hydrogen (secondary N) is 2. The van der Waals surface area contributed by atoms with Gasteiger partial charge >= 0.3 is 0 Å². The normalized spacial score (nSPS) is 22.5. The van der Waals surface area contributed by atoms with Gasteiger partial charge < -0.3 is 25.0 Å². The summed E-state index contributed by atoms with van der Waals surface area (Å²) < 4.78 is 11.7. The minimum atomic E-state index is -0.218. The van der Waals surface area contributed by atoms with Crippen LogP contribution in [0.5, 0.6) is 5.75 Å². The molecule has 0 saturated heterocycles. The molecule has 2 N–H and O–H groups in total. The third-order valence-corrected chi connectivity index (χ3v) is 5.52. The number of nitrogens with zero attached hydrogens (tertiary/aromatic N) is 1. The van der Waals surface area contributed by atoms with Gasteiger partial charge in [-0.1, -0.05) is 25.1 Å². The number of fused-ring (bicyclic) bond motifs is 1. The topological polar surface area (TPSA) is 79.9 Å². The number of rotatable bonds is 3. The lowest BCUT2D eigenvalue weighted by atomic mass is 10.0. The molecule has 0 spiro atoms. The smallest absolute Gasteiger partial charge is 0.257 e. The summed E-state index contributed by atoms with van der Waals surface area (Å²) in [5, 5.41) is 6.34. The number of benzene rings is 2. The third-order valence-electron chi connectivity index (χ3n) is 5.52. The van der Waals surface area contributed by atoms with Crippen LogP contribution in [0, 0.1) is 5.92 Å². The minimum Gasteiger partial charge on any atom is -0.491 e. The Morgan fingerprint density at radius 1 is 1.19 bits per heavy atom. The average Bonchev–Trinajstić information content (AvgIpc) is 2.79. The Hall–Kier alpha value is -2.90. The SMILES string of the molecule is CO[C@@H]1CN(C)C(=O)c2ccc(NC(=O)c3ccccc3)cc2OC[C@@H](C)NC[C@@H]1C. The van der Waals surface area contributed by atoms with E-state index in [0.29, 0.717) is 35.7 Å². The summed E-state index contributed by atoms with van der Waals surface area (Å²) >= 11 is 0. The van der Waals surface area contributed by atoms with Crippen molar-refractivity contribution in [2.24, 2.45) is 5.92 Å². The van der Waals surface area contributed by atoms with Gasteiger partial charge in [0.15, 0.2) is 0 Å². The summed E-state index contributed by atoms with van der Waals surface area (Å²) in [5.74, 6) is 0.312. The van der Waals surface area contributed by atoms with Gasteiger partial charge in [0.25, 0.3) is 11.8 Å². The van der Waals surface area contributed by atoms with Crippen molar-refractivity contribution in [3.8, 4) is 5.75 Å². The molecule has 2 amide bonds. The number of hydrogen-bond acceptors (Lipinski definition) is 5. The van der Waals surface area contributed by atoms with E-state index in [1.54, 1.807) is 49.4 Å². The molecule has 0 bridgehead atoms. The highest BCUT2D eigenvalue weighted by molar-refractivity contribution is 6.05. The van der Waals surface area contributed by atoms with Crippen molar-refractivity contribution in [3.05, 3.63) is 59.7 Å². The average molecular weight is 426 g/mol. The lowest BCUT2D eigenvalue weighted by molar-refractivity contribution is 0.0281. The molecule has 0 aromatic heterocycles. The molecule has 0 fully saturated rings. The van der Waals surface area contributed by atoms with E-state index < -0.39 is 0 Å². The maximum Gasteiger partial charge on any atom is 0.257 e. The van der Waals surface area contributed by atoms with Crippen LogP contribution >= 0.6 is 0 Å². The summed E-state index contributed by atoms with van der Waals surface area (Å²) in [4.78, 5) is 27.3. The van der Waals surface area contributed by atoms with Crippen LogP contribution in [0.15, 0.2) is 48.5 Å². The summed E-state index contributed by atoms with van der Waals surface area (Å²) in [6, 6.07) is 14.2. The molecule has 1 heterocycles. The number of ether oxygens (including phenoxy) is 2. The number of likely N-dealkylation sites (N-methyl/N-ethyl adjacent to an activating group) is 1. The molecule has 31 heavy (non-hydrogen) atoms. The molecule has 2 aromatic carbocycles. The van der Waals surface area contributed by atoms with E-state index >= 15 is 0 Å². The van der Waals surface area contributed by atoms with Crippen molar-refractivity contribution in [2.75, 3.05) is 39.2 Å². The molecular weight excluding hydrogens is 394 g/mol. The van der Waals surface area contributed by atoms with Crippen LogP contribution in [0.1, 0.15) is 34.6 Å². The third kappa shape index (κ3) is 5.83. The van der Waals surface area contributed by atoms with Crippen LogP contribution in [0.25, 0.3) is 0 Å². The molecule has 1 aliphatic heterocycles. The van der Waals surface area contributed by atoms with E-state index in [1.165, 1.54) is 0 Å². The minimum absolute atomic E-state index is 0.0816. The molecule has 0 unspecified atom stereocenters. The van der Waals surface area contributed by atoms with E-state index in [9.17, 15) is 9.59 Å². The van der Waals surface area contributed by atoms with Crippen LogP contribution in [-0.4, -0.2) is 62.7 Å². The van der Waals surface area contributed by atoms with Crippen molar-refractivity contribution in [1.82, 2.24) is 10.2 Å². The van der Waals surface area contributed by atoms with Crippen LogP contribution < -0.4 is 15.4 Å². The number of amides is 2. The van der Waals surface area contributed by atoms with E-state index in [4.69, 9.17) is 9.47 Å². The highest BCUT2D eigenvalue weighted by Crippen LogP contribution is 2.26. The molecule has 0 saturated carbocycles. The van der Waals surface area contributed by atoms with E-state index in [2.05, 4.69) is 17.6 Å². The second kappa shape index (κ2) is 10.4. The number of methoxy groups -OCH3 is 1. The molecule has 166 valence electrons. The fourth-order valence-corrected chi connectivity index (χ4v) is 3.53. The first-order valence-electron chi connectivity index (χ1n) is 10.5. The molecule has 1 aliphatic rings. The predicted octanol–water partition coefficient (Wildman–Crippen LogP) is 3.03. The van der Waals surface area contributed by atoms with Crippen molar-refractivity contribution in [3.63, 3.8) is 0 Å². The Bertz CT molecular complexity index is 903. The number of carbonyl (C=O) groups excluding carboxylic acids is 2. The quantitative estimate of drug-likeness (QED) is 0.790. The van der Waals surface area contributed by atoms with Gasteiger partial charge in [-0.25, -0.2) is 0 Å². The Kier molecular flexibility index (Phi) is 7.65. The first kappa shape index (κ1) is 22.8. The monoisotopic (exact) mass is 425 g/mol. The molecule has 0 aliphatic carbocycles. The van der Waals surface area contributed by atoms with Crippen molar-refractivity contribution in [2.45, 2.75) is 26.0 Å². The maximum absolute atomic E-state index is 13.1. The standard InChI is InChI=1S/C24H31N3O4/c1-16-13-25-17(2)15-31-21-12-19(26-23(28)18-8-6-5-7-9-18)10-11-20(21)24(29)27(3)14-22(16)30-4/h5-12,16-17,22,25H,13-15H2,1-4H3,(H,26,28)/t16-,17+,22+/m0/s1. The van der Waals surface area contributed by atoms with Gasteiger partial charge in [-0.2, -0.15) is 0 Å². The molecule has 2 aromatic rings. The van der Waals surface area contributed by atoms with Crippen molar-refractivity contribution in [1.29, 1.82) is 0 Å². The maximum atomic E-state index is 13.1. The highest BCUT2D eigenvalue weighted by Gasteiger charge is 2.25. The summed E-state index contributed by atoms with van der Waals surface area (Å²) in [6.45, 7) is 5.76. The van der Waals surface area contributed by atoms with Gasteiger partial charge in [0.05, 0.1) is 11.7 Å². The zero-order valence-corrected chi connectivity index (χ0v) is 18.6. The lowest BCUT2D eigenvalue weighted by Crippen LogP contribution is -2.44. The fourth-order valence-electron chi connectivity index (χ4n) is 3.53. The largest absolute Gasteiger partial charge is 0.491 e. The van der Waals surface area contributed by atoms with Crippen LogP contribution in [-0.2, 0) is 4.74 Å². The lowest BCUT2D eigenvalue weighted by Gasteiger charge is -2.30. The number of hydrogen-bond donors (Lipinski definition) is 2. The number of carbonyl (C=O) groups is 2. The fraction of sp³-hybridized carbons (Fsp3) is 0.417. The number of anilines is 1. The van der Waals surface area contributed by atoms with Crippen molar-refractivity contribution < 1.29 is 19.1 Å². The van der Waals surface area contributed by atoms with Crippen molar-refractivity contribution >= 4 is 17.5 Å². The molecule has 3 rings (SSSR count). The first-order valence-corrected chi connectivity index (χ1v) is 10.5. The molecule has 7 nitrogen and oxygen atoms in total. The molecule has 3 atom stereocenters. The second-order valence-electron chi connectivity index (χ2n) is 8.09. The Labute approximate surface area is 183 Å². The van der Waals surface area contributed by atoms with Gasteiger partial charge in [0, 0.05) is 50.6 Å². The van der Waals surface area contributed by atoms with E-state index in [1.807, 2.05) is 25.1 Å². The van der Waals surface area contributed by atoms with Gasteiger partial charge in [0.2, 0.25) is 0 Å². The predicted molar refractivity (Wildman–Crippen MR) is 121 cm³/mol. The Balaban J connectivity index is 1.87. The van der Waals surface area contributed by atoms with Crippen LogP contribution in [0.2, 0.25) is 0 Å². The van der Waals surface area contributed by atoms with Crippen LogP contribution in [0.3, 0.4) is 0 Å². The molecular formula is C24H31N3O4. The summed E-state index contributed by atoms with van der Waals surface area (Å²) in [6.07, 6.45) is -0.0816. The van der Waals surface area contributed by atoms with Gasteiger partial charge in [-0.3, -0.25) is 9.59 Å². The zero-order chi connectivity index (χ0) is 22.4. The Morgan fingerprint density at radius 3 is 2.65 bits per heavy atom. The molecule has 0 radical (unpaired) electrons. The van der Waals surface area contributed by atoms with Gasteiger partial charge in [-0.05, 0) is 37.1 Å². The highest BCUT2D eigenvalue weighted by atomic mass is 16.5. The first-order chi connectivity index (χ1) is 14.9. The van der Waals surface area contributed by atoms with E-state index in [0.717, 1.165) is 6.54 Å². The second-order valence-corrected chi connectivity index (χ2v) is 8.09. The summed E-state index contributed by atoms with van der Waals surface area (Å²) in [7, 11) is 3.44. The van der Waals surface area contributed by atoms with Crippen LogP contribution in [0.4, 0.5) is 5.69 Å². The summed E-state index contributed by atoms with van der Waals surface area (Å²) in [5.41, 5.74) is 1.58. The Morgan fingerprint density at radius 2 is 1.94 bits per heavy atom. The van der Waals surface area contributed by atoms with Gasteiger partial charge in [0.1, 0.15) is 12.4 Å².